The topological polar surface area (TPSA) is 92.8 Å². The predicted octanol–water partition coefficient (Wildman–Crippen LogP) is 2.50. The second-order valence-corrected chi connectivity index (χ2v) is 7.69. The molecule has 25 heavy (non-hydrogen) atoms. The molecule has 2 aromatic carbocycles. The molecule has 130 valence electrons. The monoisotopic (exact) mass is 360 g/mol. The van der Waals surface area contributed by atoms with Gasteiger partial charge in [-0.3, -0.25) is 4.79 Å². The highest BCUT2D eigenvalue weighted by molar-refractivity contribution is 7.92. The van der Waals surface area contributed by atoms with E-state index in [-0.39, 0.29) is 10.5 Å². The smallest absolute Gasteiger partial charge is 0.329 e. The van der Waals surface area contributed by atoms with Crippen molar-refractivity contribution < 1.29 is 22.7 Å². The summed E-state index contributed by atoms with van der Waals surface area (Å²) in [5.41, 5.74) is 0.410. The van der Waals surface area contributed by atoms with Crippen molar-refractivity contribution in [1.29, 1.82) is 0 Å². The number of sulfone groups is 1. The molecule has 0 bridgehead atoms. The van der Waals surface area contributed by atoms with Gasteiger partial charge in [0.25, 0.3) is 5.91 Å². The standard InChI is InChI=1S/C17H16N2O5S/c1-11-19(17(21)18-12-7-9-13(24-2)10-8-12)16(20)14-5-3-4-6-15(14)25(11,22)23/h3-11H,1-2H3,(H,18,21). The highest BCUT2D eigenvalue weighted by Crippen LogP contribution is 2.30. The summed E-state index contributed by atoms with van der Waals surface area (Å²) in [5.74, 6) is -0.0409. The highest BCUT2D eigenvalue weighted by atomic mass is 32.2. The van der Waals surface area contributed by atoms with Crippen LogP contribution in [0.1, 0.15) is 17.3 Å². The number of urea groups is 1. The minimum absolute atomic E-state index is 0.00881. The maximum atomic E-state index is 12.6. The molecule has 1 aliphatic heterocycles. The number of carbonyl (C=O) groups excluding carboxylic acids is 2. The van der Waals surface area contributed by atoms with E-state index in [0.717, 1.165) is 4.90 Å². The van der Waals surface area contributed by atoms with Crippen LogP contribution in [0.3, 0.4) is 0 Å². The Hall–Kier alpha value is -2.87. The lowest BCUT2D eigenvalue weighted by Crippen LogP contribution is -2.52. The molecule has 1 heterocycles. The van der Waals surface area contributed by atoms with Crippen molar-refractivity contribution in [1.82, 2.24) is 4.90 Å². The van der Waals surface area contributed by atoms with Crippen LogP contribution in [0.4, 0.5) is 10.5 Å². The number of methoxy groups -OCH3 is 1. The Kier molecular flexibility index (Phi) is 4.22. The second-order valence-electron chi connectivity index (χ2n) is 5.47. The Bertz CT molecular complexity index is 938. The summed E-state index contributed by atoms with van der Waals surface area (Å²) in [6.07, 6.45) is 0. The SMILES string of the molecule is COc1ccc(NC(=O)N2C(=O)c3ccccc3S(=O)(=O)C2C)cc1. The van der Waals surface area contributed by atoms with Gasteiger partial charge in [-0.1, -0.05) is 12.1 Å². The highest BCUT2D eigenvalue weighted by Gasteiger charge is 2.44. The van der Waals surface area contributed by atoms with Gasteiger partial charge < -0.3 is 10.1 Å². The van der Waals surface area contributed by atoms with Crippen LogP contribution in [0.25, 0.3) is 0 Å². The molecule has 7 nitrogen and oxygen atoms in total. The van der Waals surface area contributed by atoms with E-state index >= 15 is 0 Å². The van der Waals surface area contributed by atoms with Crippen molar-refractivity contribution >= 4 is 27.5 Å². The van der Waals surface area contributed by atoms with Crippen LogP contribution in [0.2, 0.25) is 0 Å². The van der Waals surface area contributed by atoms with Gasteiger partial charge in [0.05, 0.1) is 17.6 Å². The molecule has 3 rings (SSSR count). The van der Waals surface area contributed by atoms with Crippen LogP contribution < -0.4 is 10.1 Å². The molecule has 1 aliphatic rings. The van der Waals surface area contributed by atoms with Gasteiger partial charge in [0.15, 0.2) is 0 Å². The molecule has 0 aliphatic carbocycles. The van der Waals surface area contributed by atoms with Crippen molar-refractivity contribution in [3.8, 4) is 5.75 Å². The molecule has 0 saturated heterocycles. The number of rotatable bonds is 2. The van der Waals surface area contributed by atoms with Crippen molar-refractivity contribution in [2.45, 2.75) is 17.2 Å². The molecule has 1 atom stereocenters. The van der Waals surface area contributed by atoms with E-state index in [9.17, 15) is 18.0 Å². The first kappa shape index (κ1) is 17.0. The Morgan fingerprint density at radius 2 is 1.76 bits per heavy atom. The lowest BCUT2D eigenvalue weighted by atomic mass is 10.2. The molecule has 0 fully saturated rings. The maximum absolute atomic E-state index is 12.6. The van der Waals surface area contributed by atoms with Gasteiger partial charge in [0.2, 0.25) is 9.84 Å². The van der Waals surface area contributed by atoms with Gasteiger partial charge in [0, 0.05) is 5.69 Å². The first-order valence-corrected chi connectivity index (χ1v) is 9.02. The zero-order chi connectivity index (χ0) is 18.2. The van der Waals surface area contributed by atoms with E-state index < -0.39 is 27.1 Å². The van der Waals surface area contributed by atoms with Crippen LogP contribution in [0.5, 0.6) is 5.75 Å². The number of nitrogens with one attached hydrogen (secondary N) is 1. The Morgan fingerprint density at radius 1 is 1.12 bits per heavy atom. The third-order valence-electron chi connectivity index (χ3n) is 4.02. The van der Waals surface area contributed by atoms with Gasteiger partial charge in [-0.05, 0) is 43.3 Å². The van der Waals surface area contributed by atoms with E-state index in [2.05, 4.69) is 5.32 Å². The molecular formula is C17H16N2O5S. The van der Waals surface area contributed by atoms with Gasteiger partial charge in [-0.2, -0.15) is 0 Å². The quantitative estimate of drug-likeness (QED) is 0.888. The molecule has 8 heteroatoms. The zero-order valence-corrected chi connectivity index (χ0v) is 14.4. The number of nitrogens with zero attached hydrogens (tertiary/aromatic N) is 1. The first-order chi connectivity index (χ1) is 11.9. The van der Waals surface area contributed by atoms with Crippen molar-refractivity contribution in [3.05, 3.63) is 54.1 Å². The number of ether oxygens (including phenoxy) is 1. The van der Waals surface area contributed by atoms with Crippen LogP contribution >= 0.6 is 0 Å². The Labute approximate surface area is 145 Å². The van der Waals surface area contributed by atoms with E-state index in [1.165, 1.54) is 26.2 Å². The molecule has 0 saturated carbocycles. The summed E-state index contributed by atoms with van der Waals surface area (Å²) in [7, 11) is -2.31. The van der Waals surface area contributed by atoms with E-state index in [1.54, 1.807) is 36.4 Å². The van der Waals surface area contributed by atoms with Crippen molar-refractivity contribution in [2.24, 2.45) is 0 Å². The molecule has 1 N–H and O–H groups in total. The lowest BCUT2D eigenvalue weighted by Gasteiger charge is -2.32. The fourth-order valence-corrected chi connectivity index (χ4v) is 4.19. The molecule has 2 aromatic rings. The summed E-state index contributed by atoms with van der Waals surface area (Å²) in [4.78, 5) is 25.8. The largest absolute Gasteiger partial charge is 0.497 e. The van der Waals surface area contributed by atoms with Gasteiger partial charge in [-0.25, -0.2) is 18.1 Å². The Morgan fingerprint density at radius 3 is 2.40 bits per heavy atom. The minimum Gasteiger partial charge on any atom is -0.497 e. The Balaban J connectivity index is 1.93. The van der Waals surface area contributed by atoms with Gasteiger partial charge in [-0.15, -0.1) is 0 Å². The van der Waals surface area contributed by atoms with Crippen LogP contribution in [-0.2, 0) is 9.84 Å². The number of imide groups is 1. The summed E-state index contributed by atoms with van der Waals surface area (Å²) in [5, 5.41) is 1.24. The van der Waals surface area contributed by atoms with E-state index in [4.69, 9.17) is 4.74 Å². The molecule has 1 unspecified atom stereocenters. The number of hydrogen-bond donors (Lipinski definition) is 1. The summed E-state index contributed by atoms with van der Waals surface area (Å²) in [6.45, 7) is 1.32. The number of fused-ring (bicyclic) bond motifs is 1. The third kappa shape index (κ3) is 2.85. The summed E-state index contributed by atoms with van der Waals surface area (Å²) in [6, 6.07) is 11.5. The maximum Gasteiger partial charge on any atom is 0.329 e. The zero-order valence-electron chi connectivity index (χ0n) is 13.6. The fraction of sp³-hybridized carbons (Fsp3) is 0.176. The van der Waals surface area contributed by atoms with Crippen LogP contribution in [0, 0.1) is 0 Å². The van der Waals surface area contributed by atoms with Crippen LogP contribution in [0.15, 0.2) is 53.4 Å². The second kappa shape index (κ2) is 6.21. The first-order valence-electron chi connectivity index (χ1n) is 7.48. The molecule has 0 spiro atoms. The number of hydrogen-bond acceptors (Lipinski definition) is 5. The van der Waals surface area contributed by atoms with E-state index in [1.807, 2.05) is 0 Å². The molecule has 3 amide bonds. The molecule has 0 radical (unpaired) electrons. The third-order valence-corrected chi connectivity index (χ3v) is 6.09. The molecular weight excluding hydrogens is 344 g/mol. The van der Waals surface area contributed by atoms with Gasteiger partial charge >= 0.3 is 6.03 Å². The minimum atomic E-state index is -3.83. The molecule has 0 aromatic heterocycles. The number of carbonyl (C=O) groups is 2. The normalized spacial score (nSPS) is 18.4. The number of anilines is 1. The predicted molar refractivity (Wildman–Crippen MR) is 91.3 cm³/mol. The summed E-state index contributed by atoms with van der Waals surface area (Å²) < 4.78 is 30.3. The number of amides is 3. The average Bonchev–Trinajstić information content (AvgIpc) is 2.61. The van der Waals surface area contributed by atoms with Crippen LogP contribution in [-0.4, -0.2) is 37.7 Å². The lowest BCUT2D eigenvalue weighted by molar-refractivity contribution is 0.0788. The van der Waals surface area contributed by atoms with Crippen molar-refractivity contribution in [2.75, 3.05) is 12.4 Å². The van der Waals surface area contributed by atoms with Crippen molar-refractivity contribution in [3.63, 3.8) is 0 Å². The average molecular weight is 360 g/mol. The van der Waals surface area contributed by atoms with E-state index in [0.29, 0.717) is 11.4 Å². The number of benzene rings is 2. The van der Waals surface area contributed by atoms with Gasteiger partial charge in [0.1, 0.15) is 11.1 Å². The summed E-state index contributed by atoms with van der Waals surface area (Å²) >= 11 is 0. The fourth-order valence-electron chi connectivity index (χ4n) is 2.62.